The zero-order valence-corrected chi connectivity index (χ0v) is 9.77. The zero-order chi connectivity index (χ0) is 13.1. The summed E-state index contributed by atoms with van der Waals surface area (Å²) in [7, 11) is 0. The second kappa shape index (κ2) is 4.87. The molecule has 2 aromatic rings. The molecule has 0 bridgehead atoms. The molecule has 3 nitrogen and oxygen atoms in total. The molecule has 0 saturated carbocycles. The Morgan fingerprint density at radius 3 is 2.67 bits per heavy atom. The predicted molar refractivity (Wildman–Crippen MR) is 68.2 cm³/mol. The van der Waals surface area contributed by atoms with E-state index in [1.807, 2.05) is 31.2 Å². The Kier molecular flexibility index (Phi) is 3.28. The highest BCUT2D eigenvalue weighted by atomic mass is 19.1. The van der Waals surface area contributed by atoms with Crippen LogP contribution in [0.2, 0.25) is 0 Å². The van der Waals surface area contributed by atoms with Crippen LogP contribution in [0.5, 0.6) is 0 Å². The Balaban J connectivity index is 2.52. The van der Waals surface area contributed by atoms with E-state index in [2.05, 4.69) is 5.32 Å². The van der Waals surface area contributed by atoms with E-state index in [0.717, 1.165) is 11.1 Å². The van der Waals surface area contributed by atoms with E-state index in [1.165, 1.54) is 12.1 Å². The summed E-state index contributed by atoms with van der Waals surface area (Å²) in [5.41, 5.74) is 2.80. The molecule has 0 atom stereocenters. The molecule has 4 heteroatoms. The summed E-state index contributed by atoms with van der Waals surface area (Å²) in [6, 6.07) is 11.6. The maximum absolute atomic E-state index is 13.2. The Morgan fingerprint density at radius 2 is 2.00 bits per heavy atom. The molecule has 0 aliphatic carbocycles. The number of rotatable bonds is 2. The first-order valence-electron chi connectivity index (χ1n) is 5.43. The second-order valence-electron chi connectivity index (χ2n) is 3.99. The fraction of sp³-hybridized carbons (Fsp3) is 0.0714. The minimum absolute atomic E-state index is 0.244. The molecule has 2 rings (SSSR count). The van der Waals surface area contributed by atoms with Crippen molar-refractivity contribution in [1.82, 2.24) is 0 Å². The number of hydrogen-bond acceptors (Lipinski definition) is 1. The average Bonchev–Trinajstić information content (AvgIpc) is 2.28. The van der Waals surface area contributed by atoms with Gasteiger partial charge in [-0.05, 0) is 30.7 Å². The van der Waals surface area contributed by atoms with Crippen LogP contribution in [0.3, 0.4) is 0 Å². The van der Waals surface area contributed by atoms with Crippen LogP contribution in [-0.2, 0) is 0 Å². The lowest BCUT2D eigenvalue weighted by Gasteiger charge is -2.10. The monoisotopic (exact) mass is 245 g/mol. The summed E-state index contributed by atoms with van der Waals surface area (Å²) in [6.07, 6.45) is -1.21. The Hall–Kier alpha value is -2.36. The van der Waals surface area contributed by atoms with Crippen LogP contribution in [0.15, 0.2) is 42.5 Å². The summed E-state index contributed by atoms with van der Waals surface area (Å²) >= 11 is 0. The molecule has 0 radical (unpaired) electrons. The third-order valence-corrected chi connectivity index (χ3v) is 2.55. The summed E-state index contributed by atoms with van der Waals surface area (Å²) in [5, 5.41) is 11.0. The van der Waals surface area contributed by atoms with E-state index in [0.29, 0.717) is 5.56 Å². The Bertz CT molecular complexity index is 596. The normalized spacial score (nSPS) is 10.1. The molecule has 0 aromatic heterocycles. The number of halogens is 1. The molecule has 0 fully saturated rings. The number of nitrogens with one attached hydrogen (secondary N) is 1. The van der Waals surface area contributed by atoms with Crippen molar-refractivity contribution < 1.29 is 14.3 Å². The van der Waals surface area contributed by atoms with Crippen LogP contribution in [0.25, 0.3) is 11.1 Å². The number of aryl methyl sites for hydroxylation is 1. The summed E-state index contributed by atoms with van der Waals surface area (Å²) in [5.74, 6) is -0.477. The number of amides is 1. The largest absolute Gasteiger partial charge is 0.465 e. The van der Waals surface area contributed by atoms with Gasteiger partial charge in [0.05, 0.1) is 5.69 Å². The van der Waals surface area contributed by atoms with Crippen molar-refractivity contribution in [3.63, 3.8) is 0 Å². The van der Waals surface area contributed by atoms with Gasteiger partial charge in [0.2, 0.25) is 0 Å². The van der Waals surface area contributed by atoms with E-state index < -0.39 is 11.9 Å². The molecule has 0 heterocycles. The van der Waals surface area contributed by atoms with Crippen LogP contribution < -0.4 is 5.32 Å². The van der Waals surface area contributed by atoms with Crippen molar-refractivity contribution >= 4 is 11.8 Å². The standard InChI is InChI=1S/C14H12FNO2/c1-9-3-2-4-10(7-9)12-6-5-11(15)8-13(12)16-14(17)18/h2-8,16H,1H3,(H,17,18). The van der Waals surface area contributed by atoms with E-state index in [-0.39, 0.29) is 5.69 Å². The number of carboxylic acid groups (broad SMARTS) is 1. The highest BCUT2D eigenvalue weighted by Crippen LogP contribution is 2.29. The van der Waals surface area contributed by atoms with Crippen molar-refractivity contribution in [2.75, 3.05) is 5.32 Å². The fourth-order valence-corrected chi connectivity index (χ4v) is 1.80. The molecular weight excluding hydrogens is 233 g/mol. The lowest BCUT2D eigenvalue weighted by Crippen LogP contribution is -2.08. The quantitative estimate of drug-likeness (QED) is 0.843. The zero-order valence-electron chi connectivity index (χ0n) is 9.77. The smallest absolute Gasteiger partial charge is 0.409 e. The van der Waals surface area contributed by atoms with Gasteiger partial charge in [-0.1, -0.05) is 29.8 Å². The lowest BCUT2D eigenvalue weighted by molar-refractivity contribution is 0.210. The van der Waals surface area contributed by atoms with Crippen molar-refractivity contribution in [1.29, 1.82) is 0 Å². The molecule has 18 heavy (non-hydrogen) atoms. The van der Waals surface area contributed by atoms with Gasteiger partial charge in [-0.15, -0.1) is 0 Å². The molecule has 2 N–H and O–H groups in total. The third kappa shape index (κ3) is 2.66. The Labute approximate surface area is 104 Å². The van der Waals surface area contributed by atoms with Gasteiger partial charge in [0.1, 0.15) is 5.82 Å². The van der Waals surface area contributed by atoms with E-state index in [4.69, 9.17) is 5.11 Å². The van der Waals surface area contributed by atoms with Gasteiger partial charge in [0.15, 0.2) is 0 Å². The minimum atomic E-state index is -1.21. The SMILES string of the molecule is Cc1cccc(-c2ccc(F)cc2NC(=O)O)c1. The van der Waals surface area contributed by atoms with E-state index >= 15 is 0 Å². The van der Waals surface area contributed by atoms with Crippen LogP contribution in [-0.4, -0.2) is 11.2 Å². The molecule has 0 saturated heterocycles. The number of anilines is 1. The summed E-state index contributed by atoms with van der Waals surface area (Å²) < 4.78 is 13.2. The number of hydrogen-bond donors (Lipinski definition) is 2. The maximum atomic E-state index is 13.2. The first kappa shape index (κ1) is 12.1. The number of carbonyl (C=O) groups is 1. The molecule has 1 amide bonds. The highest BCUT2D eigenvalue weighted by molar-refractivity contribution is 5.90. The minimum Gasteiger partial charge on any atom is -0.465 e. The molecular formula is C14H12FNO2. The highest BCUT2D eigenvalue weighted by Gasteiger charge is 2.09. The molecule has 0 spiro atoms. The molecule has 92 valence electrons. The van der Waals surface area contributed by atoms with Crippen molar-refractivity contribution in [3.8, 4) is 11.1 Å². The van der Waals surface area contributed by atoms with Gasteiger partial charge in [-0.2, -0.15) is 0 Å². The fourth-order valence-electron chi connectivity index (χ4n) is 1.80. The first-order chi connectivity index (χ1) is 8.56. The van der Waals surface area contributed by atoms with Crippen LogP contribution in [0.4, 0.5) is 14.9 Å². The summed E-state index contributed by atoms with van der Waals surface area (Å²) in [4.78, 5) is 10.7. The van der Waals surface area contributed by atoms with Crippen molar-refractivity contribution in [2.45, 2.75) is 6.92 Å². The van der Waals surface area contributed by atoms with Crippen molar-refractivity contribution in [3.05, 3.63) is 53.8 Å². The molecule has 0 aliphatic heterocycles. The topological polar surface area (TPSA) is 49.3 Å². The van der Waals surface area contributed by atoms with Gasteiger partial charge >= 0.3 is 6.09 Å². The van der Waals surface area contributed by atoms with Crippen LogP contribution >= 0.6 is 0 Å². The van der Waals surface area contributed by atoms with Crippen molar-refractivity contribution in [2.24, 2.45) is 0 Å². The van der Waals surface area contributed by atoms with Gasteiger partial charge < -0.3 is 5.11 Å². The Morgan fingerprint density at radius 1 is 1.22 bits per heavy atom. The van der Waals surface area contributed by atoms with Gasteiger partial charge in [-0.25, -0.2) is 9.18 Å². The maximum Gasteiger partial charge on any atom is 0.409 e. The predicted octanol–water partition coefficient (Wildman–Crippen LogP) is 3.89. The average molecular weight is 245 g/mol. The second-order valence-corrected chi connectivity index (χ2v) is 3.99. The lowest BCUT2D eigenvalue weighted by atomic mass is 10.0. The van der Waals surface area contributed by atoms with Gasteiger partial charge in [-0.3, -0.25) is 5.32 Å². The number of benzene rings is 2. The molecule has 0 unspecified atom stereocenters. The van der Waals surface area contributed by atoms with Gasteiger partial charge in [0, 0.05) is 5.56 Å². The van der Waals surface area contributed by atoms with E-state index in [1.54, 1.807) is 6.07 Å². The van der Waals surface area contributed by atoms with Crippen LogP contribution in [0, 0.1) is 12.7 Å². The van der Waals surface area contributed by atoms with Crippen LogP contribution in [0.1, 0.15) is 5.56 Å². The summed E-state index contributed by atoms with van der Waals surface area (Å²) in [6.45, 7) is 1.94. The van der Waals surface area contributed by atoms with E-state index in [9.17, 15) is 9.18 Å². The first-order valence-corrected chi connectivity index (χ1v) is 5.43. The molecule has 2 aromatic carbocycles. The third-order valence-electron chi connectivity index (χ3n) is 2.55. The molecule has 0 aliphatic rings. The van der Waals surface area contributed by atoms with Gasteiger partial charge in [0.25, 0.3) is 0 Å².